The highest BCUT2D eigenvalue weighted by atomic mass is 16.1. The van der Waals surface area contributed by atoms with Gasteiger partial charge in [-0.05, 0) is 30.4 Å². The van der Waals surface area contributed by atoms with Crippen molar-refractivity contribution in [2.45, 2.75) is 38.6 Å². The fraction of sp³-hybridized carbons (Fsp3) is 0.316. The molecular weight excluding hydrogens is 258 g/mol. The Bertz CT molecular complexity index is 536. The Hall–Kier alpha value is -2.09. The first-order valence-electron chi connectivity index (χ1n) is 7.65. The third-order valence-corrected chi connectivity index (χ3v) is 3.67. The number of nitrogens with one attached hydrogen (secondary N) is 1. The van der Waals surface area contributed by atoms with Crippen LogP contribution < -0.4 is 5.32 Å². The van der Waals surface area contributed by atoms with E-state index < -0.39 is 0 Å². The lowest BCUT2D eigenvalue weighted by molar-refractivity contribution is -0.121. The third kappa shape index (κ3) is 5.42. The summed E-state index contributed by atoms with van der Waals surface area (Å²) in [4.78, 5) is 12.1. The maximum atomic E-state index is 12.1. The molecule has 0 saturated carbocycles. The molecule has 0 aliphatic rings. The van der Waals surface area contributed by atoms with Crippen molar-refractivity contribution in [3.8, 4) is 0 Å². The fourth-order valence-electron chi connectivity index (χ4n) is 2.40. The molecule has 0 fully saturated rings. The second kappa shape index (κ2) is 8.25. The Kier molecular flexibility index (Phi) is 6.01. The van der Waals surface area contributed by atoms with Crippen molar-refractivity contribution >= 4 is 5.91 Å². The summed E-state index contributed by atoms with van der Waals surface area (Å²) >= 11 is 0. The monoisotopic (exact) mass is 281 g/mol. The predicted octanol–water partition coefficient (Wildman–Crippen LogP) is 3.76. The van der Waals surface area contributed by atoms with Crippen LogP contribution in [0.5, 0.6) is 0 Å². The van der Waals surface area contributed by atoms with Crippen LogP contribution in [0.1, 0.15) is 30.9 Å². The summed E-state index contributed by atoms with van der Waals surface area (Å²) in [5, 5.41) is 3.15. The first kappa shape index (κ1) is 15.3. The standard InChI is InChI=1S/C19H23NO/c1-2-18(15-17-11-7-4-8-12-17)20-19(21)14-13-16-9-5-3-6-10-16/h3-12,18H,2,13-15H2,1H3,(H,20,21)/t18-/m0/s1. The molecular formula is C19H23NO. The van der Waals surface area contributed by atoms with Gasteiger partial charge in [-0.2, -0.15) is 0 Å². The summed E-state index contributed by atoms with van der Waals surface area (Å²) in [6.45, 7) is 2.12. The number of rotatable bonds is 7. The average molecular weight is 281 g/mol. The van der Waals surface area contributed by atoms with E-state index in [9.17, 15) is 4.79 Å². The van der Waals surface area contributed by atoms with E-state index in [4.69, 9.17) is 0 Å². The van der Waals surface area contributed by atoms with Crippen LogP contribution >= 0.6 is 0 Å². The van der Waals surface area contributed by atoms with E-state index in [1.165, 1.54) is 11.1 Å². The summed E-state index contributed by atoms with van der Waals surface area (Å²) in [5.74, 6) is 0.140. The number of aryl methyl sites for hydroxylation is 1. The normalized spacial score (nSPS) is 11.9. The van der Waals surface area contributed by atoms with Gasteiger partial charge in [0.15, 0.2) is 0 Å². The fourth-order valence-corrected chi connectivity index (χ4v) is 2.40. The van der Waals surface area contributed by atoms with Gasteiger partial charge in [0.25, 0.3) is 0 Å². The molecule has 2 aromatic carbocycles. The summed E-state index contributed by atoms with van der Waals surface area (Å²) in [7, 11) is 0. The summed E-state index contributed by atoms with van der Waals surface area (Å²) in [6.07, 6.45) is 3.20. The molecule has 0 heterocycles. The van der Waals surface area contributed by atoms with Crippen LogP contribution in [-0.4, -0.2) is 11.9 Å². The number of hydrogen-bond donors (Lipinski definition) is 1. The Morgan fingerprint density at radius 1 is 0.952 bits per heavy atom. The zero-order valence-electron chi connectivity index (χ0n) is 12.6. The van der Waals surface area contributed by atoms with Crippen LogP contribution in [0.4, 0.5) is 0 Å². The second-order valence-corrected chi connectivity index (χ2v) is 5.35. The number of carbonyl (C=O) groups excluding carboxylic acids is 1. The van der Waals surface area contributed by atoms with Gasteiger partial charge in [0, 0.05) is 12.5 Å². The van der Waals surface area contributed by atoms with Gasteiger partial charge in [0.2, 0.25) is 5.91 Å². The Labute approximate surface area is 127 Å². The van der Waals surface area contributed by atoms with Crippen LogP contribution in [0.15, 0.2) is 60.7 Å². The summed E-state index contributed by atoms with van der Waals surface area (Å²) in [6, 6.07) is 20.7. The second-order valence-electron chi connectivity index (χ2n) is 5.35. The highest BCUT2D eigenvalue weighted by Crippen LogP contribution is 2.07. The van der Waals surface area contributed by atoms with Gasteiger partial charge in [-0.3, -0.25) is 4.79 Å². The molecule has 0 unspecified atom stereocenters. The van der Waals surface area contributed by atoms with Crippen LogP contribution in [0, 0.1) is 0 Å². The Balaban J connectivity index is 1.80. The Morgan fingerprint density at radius 2 is 1.52 bits per heavy atom. The lowest BCUT2D eigenvalue weighted by Gasteiger charge is -2.17. The SMILES string of the molecule is CC[C@@H](Cc1ccccc1)NC(=O)CCc1ccccc1. The molecule has 2 heteroatoms. The van der Waals surface area contributed by atoms with Crippen molar-refractivity contribution in [2.24, 2.45) is 0 Å². The molecule has 0 radical (unpaired) electrons. The summed E-state index contributed by atoms with van der Waals surface area (Å²) in [5.41, 5.74) is 2.48. The predicted molar refractivity (Wildman–Crippen MR) is 87.1 cm³/mol. The molecule has 2 nitrogen and oxygen atoms in total. The number of benzene rings is 2. The van der Waals surface area contributed by atoms with Gasteiger partial charge in [-0.25, -0.2) is 0 Å². The minimum Gasteiger partial charge on any atom is -0.353 e. The van der Waals surface area contributed by atoms with E-state index in [0.717, 1.165) is 19.3 Å². The largest absolute Gasteiger partial charge is 0.353 e. The van der Waals surface area contributed by atoms with Crippen molar-refractivity contribution in [2.75, 3.05) is 0 Å². The number of amides is 1. The number of carbonyl (C=O) groups is 1. The van der Waals surface area contributed by atoms with E-state index in [2.05, 4.69) is 36.5 Å². The highest BCUT2D eigenvalue weighted by molar-refractivity contribution is 5.76. The molecule has 0 spiro atoms. The van der Waals surface area contributed by atoms with Crippen LogP contribution in [-0.2, 0) is 17.6 Å². The lowest BCUT2D eigenvalue weighted by Crippen LogP contribution is -2.36. The minimum absolute atomic E-state index is 0.140. The van der Waals surface area contributed by atoms with Crippen molar-refractivity contribution < 1.29 is 4.79 Å². The minimum atomic E-state index is 0.140. The molecule has 0 bridgehead atoms. The molecule has 0 aliphatic carbocycles. The zero-order valence-corrected chi connectivity index (χ0v) is 12.6. The van der Waals surface area contributed by atoms with E-state index in [1.54, 1.807) is 0 Å². The lowest BCUT2D eigenvalue weighted by atomic mass is 10.0. The molecule has 0 aliphatic heterocycles. The van der Waals surface area contributed by atoms with E-state index in [0.29, 0.717) is 6.42 Å². The molecule has 2 rings (SSSR count). The van der Waals surface area contributed by atoms with Gasteiger partial charge in [0.05, 0.1) is 0 Å². The van der Waals surface area contributed by atoms with Gasteiger partial charge in [-0.15, -0.1) is 0 Å². The molecule has 1 N–H and O–H groups in total. The van der Waals surface area contributed by atoms with Crippen molar-refractivity contribution in [3.63, 3.8) is 0 Å². The highest BCUT2D eigenvalue weighted by Gasteiger charge is 2.11. The van der Waals surface area contributed by atoms with E-state index in [1.807, 2.05) is 36.4 Å². The van der Waals surface area contributed by atoms with Crippen molar-refractivity contribution in [1.29, 1.82) is 0 Å². The smallest absolute Gasteiger partial charge is 0.220 e. The van der Waals surface area contributed by atoms with Crippen LogP contribution in [0.25, 0.3) is 0 Å². The van der Waals surface area contributed by atoms with Crippen LogP contribution in [0.3, 0.4) is 0 Å². The molecule has 0 saturated heterocycles. The first-order chi connectivity index (χ1) is 10.3. The maximum absolute atomic E-state index is 12.1. The maximum Gasteiger partial charge on any atom is 0.220 e. The van der Waals surface area contributed by atoms with Gasteiger partial charge in [0.1, 0.15) is 0 Å². The first-order valence-corrected chi connectivity index (χ1v) is 7.65. The van der Waals surface area contributed by atoms with Crippen molar-refractivity contribution in [1.82, 2.24) is 5.32 Å². The Morgan fingerprint density at radius 3 is 2.10 bits per heavy atom. The van der Waals surface area contributed by atoms with Gasteiger partial charge < -0.3 is 5.32 Å². The van der Waals surface area contributed by atoms with E-state index >= 15 is 0 Å². The molecule has 21 heavy (non-hydrogen) atoms. The summed E-state index contributed by atoms with van der Waals surface area (Å²) < 4.78 is 0. The van der Waals surface area contributed by atoms with Crippen LogP contribution in [0.2, 0.25) is 0 Å². The zero-order chi connectivity index (χ0) is 14.9. The molecule has 2 aromatic rings. The molecule has 0 aromatic heterocycles. The topological polar surface area (TPSA) is 29.1 Å². The quantitative estimate of drug-likeness (QED) is 0.822. The molecule has 1 amide bonds. The number of hydrogen-bond acceptors (Lipinski definition) is 1. The third-order valence-electron chi connectivity index (χ3n) is 3.67. The van der Waals surface area contributed by atoms with Gasteiger partial charge in [-0.1, -0.05) is 67.6 Å². The molecule has 110 valence electrons. The average Bonchev–Trinajstić information content (AvgIpc) is 2.54. The van der Waals surface area contributed by atoms with E-state index in [-0.39, 0.29) is 11.9 Å². The van der Waals surface area contributed by atoms with Gasteiger partial charge >= 0.3 is 0 Å². The molecule has 1 atom stereocenters. The van der Waals surface area contributed by atoms with Crippen molar-refractivity contribution in [3.05, 3.63) is 71.8 Å².